The van der Waals surface area contributed by atoms with Gasteiger partial charge in [-0.05, 0) is 30.0 Å². The molecule has 6 nitrogen and oxygen atoms in total. The van der Waals surface area contributed by atoms with E-state index in [0.717, 1.165) is 12.5 Å². The predicted octanol–water partition coefficient (Wildman–Crippen LogP) is 2.11. The summed E-state index contributed by atoms with van der Waals surface area (Å²) >= 11 is 0. The molecule has 0 aliphatic carbocycles. The lowest BCUT2D eigenvalue weighted by Crippen LogP contribution is -2.33. The number of carboxylic acid groups (broad SMARTS) is 1. The Hall–Kier alpha value is -1.60. The molecule has 21 heavy (non-hydrogen) atoms. The minimum Gasteiger partial charge on any atom is -0.496 e. The van der Waals surface area contributed by atoms with Crippen molar-refractivity contribution in [2.24, 2.45) is 5.41 Å². The van der Waals surface area contributed by atoms with Gasteiger partial charge in [0.2, 0.25) is 10.0 Å². The van der Waals surface area contributed by atoms with Gasteiger partial charge in [-0.2, -0.15) is 0 Å². The topological polar surface area (TPSA) is 92.7 Å². The molecule has 0 atom stereocenters. The maximum atomic E-state index is 12.2. The standard InChI is InChI=1S/C14H21NO5S/c1-5-14(2,3)9-15-21(18,19)10-6-7-12(20-4)11(8-10)13(16)17/h6-8,15H,5,9H2,1-4H3,(H,16,17). The molecule has 0 aromatic heterocycles. The average molecular weight is 315 g/mol. The van der Waals surface area contributed by atoms with Gasteiger partial charge >= 0.3 is 5.97 Å². The van der Waals surface area contributed by atoms with Crippen LogP contribution in [0.5, 0.6) is 5.75 Å². The van der Waals surface area contributed by atoms with Crippen molar-refractivity contribution >= 4 is 16.0 Å². The molecule has 0 heterocycles. The predicted molar refractivity (Wildman–Crippen MR) is 79.2 cm³/mol. The molecule has 1 aromatic carbocycles. The van der Waals surface area contributed by atoms with E-state index in [1.54, 1.807) is 0 Å². The normalized spacial score (nSPS) is 12.2. The molecule has 1 rings (SSSR count). The van der Waals surface area contributed by atoms with Crippen molar-refractivity contribution in [3.63, 3.8) is 0 Å². The monoisotopic (exact) mass is 315 g/mol. The van der Waals surface area contributed by atoms with Crippen molar-refractivity contribution in [3.8, 4) is 5.75 Å². The number of benzene rings is 1. The molecule has 0 unspecified atom stereocenters. The van der Waals surface area contributed by atoms with Crippen molar-refractivity contribution in [3.05, 3.63) is 23.8 Å². The van der Waals surface area contributed by atoms with Gasteiger partial charge in [-0.15, -0.1) is 0 Å². The van der Waals surface area contributed by atoms with E-state index >= 15 is 0 Å². The van der Waals surface area contributed by atoms with E-state index in [-0.39, 0.29) is 28.2 Å². The fourth-order valence-corrected chi connectivity index (χ4v) is 2.79. The van der Waals surface area contributed by atoms with E-state index in [4.69, 9.17) is 9.84 Å². The van der Waals surface area contributed by atoms with E-state index in [2.05, 4.69) is 4.72 Å². The second-order valence-corrected chi connectivity index (χ2v) is 7.28. The molecule has 0 saturated heterocycles. The van der Waals surface area contributed by atoms with Gasteiger partial charge in [-0.1, -0.05) is 20.8 Å². The van der Waals surface area contributed by atoms with Crippen LogP contribution in [0.2, 0.25) is 0 Å². The first kappa shape index (κ1) is 17.5. The molecule has 0 saturated carbocycles. The maximum Gasteiger partial charge on any atom is 0.339 e. The fraction of sp³-hybridized carbons (Fsp3) is 0.500. The number of aromatic carboxylic acids is 1. The third-order valence-corrected chi connectivity index (χ3v) is 4.81. The smallest absolute Gasteiger partial charge is 0.339 e. The fourth-order valence-electron chi connectivity index (χ4n) is 1.52. The van der Waals surface area contributed by atoms with Crippen LogP contribution in [-0.4, -0.2) is 33.1 Å². The number of rotatable bonds is 7. The van der Waals surface area contributed by atoms with Crippen LogP contribution in [0.15, 0.2) is 23.1 Å². The van der Waals surface area contributed by atoms with Gasteiger partial charge in [0.25, 0.3) is 0 Å². The molecule has 0 fully saturated rings. The molecule has 2 N–H and O–H groups in total. The first-order valence-electron chi connectivity index (χ1n) is 6.54. The lowest BCUT2D eigenvalue weighted by molar-refractivity contribution is 0.0693. The number of nitrogens with one attached hydrogen (secondary N) is 1. The molecule has 0 radical (unpaired) electrons. The Bertz CT molecular complexity index is 622. The summed E-state index contributed by atoms with van der Waals surface area (Å²) in [7, 11) is -2.42. The first-order valence-corrected chi connectivity index (χ1v) is 8.02. The number of hydrogen-bond donors (Lipinski definition) is 2. The molecule has 7 heteroatoms. The molecule has 118 valence electrons. The summed E-state index contributed by atoms with van der Waals surface area (Å²) in [5, 5.41) is 9.09. The molecular formula is C14H21NO5S. The second-order valence-electron chi connectivity index (χ2n) is 5.51. The van der Waals surface area contributed by atoms with E-state index in [0.29, 0.717) is 0 Å². The van der Waals surface area contributed by atoms with E-state index in [1.807, 2.05) is 20.8 Å². The summed E-state index contributed by atoms with van der Waals surface area (Å²) in [5.74, 6) is -1.12. The summed E-state index contributed by atoms with van der Waals surface area (Å²) in [6.45, 7) is 6.16. The lowest BCUT2D eigenvalue weighted by Gasteiger charge is -2.22. The van der Waals surface area contributed by atoms with Crippen molar-refractivity contribution in [2.45, 2.75) is 32.1 Å². The van der Waals surface area contributed by atoms with E-state index < -0.39 is 16.0 Å². The SMILES string of the molecule is CCC(C)(C)CNS(=O)(=O)c1ccc(OC)c(C(=O)O)c1. The second kappa shape index (κ2) is 6.44. The lowest BCUT2D eigenvalue weighted by atomic mass is 9.91. The molecule has 0 aliphatic heterocycles. The largest absolute Gasteiger partial charge is 0.496 e. The van der Waals surface area contributed by atoms with Gasteiger partial charge < -0.3 is 9.84 Å². The van der Waals surface area contributed by atoms with Crippen LogP contribution in [0.1, 0.15) is 37.6 Å². The van der Waals surface area contributed by atoms with Crippen LogP contribution in [0, 0.1) is 5.41 Å². The van der Waals surface area contributed by atoms with Gasteiger partial charge in [0.15, 0.2) is 0 Å². The Labute approximate surface area is 125 Å². The zero-order valence-electron chi connectivity index (χ0n) is 12.6. The van der Waals surface area contributed by atoms with Gasteiger partial charge in [0.1, 0.15) is 11.3 Å². The number of methoxy groups -OCH3 is 1. The number of hydrogen-bond acceptors (Lipinski definition) is 4. The maximum absolute atomic E-state index is 12.2. The Morgan fingerprint density at radius 3 is 2.48 bits per heavy atom. The number of carboxylic acids is 1. The highest BCUT2D eigenvalue weighted by atomic mass is 32.2. The molecule has 0 bridgehead atoms. The van der Waals surface area contributed by atoms with Crippen molar-refractivity contribution in [2.75, 3.05) is 13.7 Å². The molecule has 0 aliphatic rings. The highest BCUT2D eigenvalue weighted by Crippen LogP contribution is 2.23. The molecule has 0 spiro atoms. The summed E-state index contributed by atoms with van der Waals surface area (Å²) in [4.78, 5) is 11.0. The summed E-state index contributed by atoms with van der Waals surface area (Å²) < 4.78 is 31.9. The summed E-state index contributed by atoms with van der Waals surface area (Å²) in [6.07, 6.45) is 0.818. The van der Waals surface area contributed by atoms with E-state index in [9.17, 15) is 13.2 Å². The van der Waals surface area contributed by atoms with Crippen LogP contribution in [0.3, 0.4) is 0 Å². The van der Waals surface area contributed by atoms with Crippen molar-refractivity contribution < 1.29 is 23.1 Å². The quantitative estimate of drug-likeness (QED) is 0.804. The van der Waals surface area contributed by atoms with Gasteiger partial charge in [-0.3, -0.25) is 0 Å². The third-order valence-electron chi connectivity index (χ3n) is 3.41. The first-order chi connectivity index (χ1) is 9.63. The minimum absolute atomic E-state index is 0.0902. The van der Waals surface area contributed by atoms with Crippen LogP contribution in [-0.2, 0) is 10.0 Å². The number of ether oxygens (including phenoxy) is 1. The van der Waals surface area contributed by atoms with E-state index in [1.165, 1.54) is 19.2 Å². The summed E-state index contributed by atoms with van der Waals surface area (Å²) in [6, 6.07) is 3.76. The molecule has 0 amide bonds. The highest BCUT2D eigenvalue weighted by molar-refractivity contribution is 7.89. The molecular weight excluding hydrogens is 294 g/mol. The van der Waals surface area contributed by atoms with Gasteiger partial charge in [-0.25, -0.2) is 17.9 Å². The van der Waals surface area contributed by atoms with Gasteiger partial charge in [0, 0.05) is 6.54 Å². The Balaban J connectivity index is 3.09. The van der Waals surface area contributed by atoms with Crippen LogP contribution in [0.4, 0.5) is 0 Å². The number of carbonyl (C=O) groups is 1. The zero-order valence-corrected chi connectivity index (χ0v) is 13.5. The highest BCUT2D eigenvalue weighted by Gasteiger charge is 2.22. The molecule has 1 aromatic rings. The number of sulfonamides is 1. The third kappa shape index (κ3) is 4.44. The van der Waals surface area contributed by atoms with Crippen molar-refractivity contribution in [1.82, 2.24) is 4.72 Å². The Morgan fingerprint density at radius 2 is 2.00 bits per heavy atom. The van der Waals surface area contributed by atoms with Gasteiger partial charge in [0.05, 0.1) is 12.0 Å². The van der Waals surface area contributed by atoms with Crippen molar-refractivity contribution in [1.29, 1.82) is 0 Å². The van der Waals surface area contributed by atoms with Crippen LogP contribution in [0.25, 0.3) is 0 Å². The Kier molecular flexibility index (Phi) is 5.36. The minimum atomic E-state index is -3.75. The summed E-state index contributed by atoms with van der Waals surface area (Å²) in [5.41, 5.74) is -0.357. The van der Waals surface area contributed by atoms with Crippen LogP contribution >= 0.6 is 0 Å². The average Bonchev–Trinajstić information content (AvgIpc) is 2.44. The van der Waals surface area contributed by atoms with Crippen LogP contribution < -0.4 is 9.46 Å². The Morgan fingerprint density at radius 1 is 1.38 bits per heavy atom. The zero-order chi connectivity index (χ0) is 16.3.